The average Bonchev–Trinajstić information content (AvgIpc) is 3.46. The second-order valence-corrected chi connectivity index (χ2v) is 9.51. The minimum atomic E-state index is -1.47. The zero-order valence-electron chi connectivity index (χ0n) is 16.4. The van der Waals surface area contributed by atoms with Gasteiger partial charge in [0, 0.05) is 23.8 Å². The molecule has 3 N–H and O–H groups in total. The SMILES string of the molecule is Cc1[nH]c(C(=O)N[C@@H]2CCN(c3nc(-c4nccs4)c(OC(=O)O)s3)C[C@@H]2F)c(Cl)c1Cl. The number of thiazole rings is 2. The number of H-pyrrole nitrogens is 1. The van der Waals surface area contributed by atoms with E-state index in [0.717, 1.165) is 11.3 Å². The number of anilines is 1. The first-order chi connectivity index (χ1) is 15.2. The molecule has 1 aliphatic rings. The van der Waals surface area contributed by atoms with Crippen molar-refractivity contribution >= 4 is 63.1 Å². The van der Waals surface area contributed by atoms with Gasteiger partial charge in [-0.25, -0.2) is 19.2 Å². The van der Waals surface area contributed by atoms with Crippen molar-refractivity contribution in [2.24, 2.45) is 0 Å². The van der Waals surface area contributed by atoms with Gasteiger partial charge in [-0.15, -0.1) is 11.3 Å². The zero-order valence-corrected chi connectivity index (χ0v) is 19.5. The van der Waals surface area contributed by atoms with Crippen molar-refractivity contribution in [3.63, 3.8) is 0 Å². The summed E-state index contributed by atoms with van der Waals surface area (Å²) in [5.74, 6) is -0.538. The monoisotopic (exact) mass is 519 g/mol. The molecule has 0 saturated carbocycles. The molecular formula is C18H16Cl2FN5O4S2. The minimum Gasteiger partial charge on any atom is -0.449 e. The van der Waals surface area contributed by atoms with E-state index < -0.39 is 24.3 Å². The van der Waals surface area contributed by atoms with Crippen LogP contribution in [0.2, 0.25) is 10.0 Å². The fourth-order valence-corrected chi connectivity index (χ4v) is 5.32. The lowest BCUT2D eigenvalue weighted by Crippen LogP contribution is -2.52. The van der Waals surface area contributed by atoms with Crippen molar-refractivity contribution in [3.8, 4) is 15.8 Å². The molecule has 4 heterocycles. The quantitative estimate of drug-likeness (QED) is 0.420. The second kappa shape index (κ2) is 9.22. The van der Waals surface area contributed by atoms with Gasteiger partial charge in [0.15, 0.2) is 10.8 Å². The third-order valence-corrected chi connectivity index (χ3v) is 7.53. The number of nitrogens with one attached hydrogen (secondary N) is 2. The molecule has 14 heteroatoms. The van der Waals surface area contributed by atoms with Crippen LogP contribution >= 0.6 is 45.9 Å². The van der Waals surface area contributed by atoms with Crippen molar-refractivity contribution in [3.05, 3.63) is 33.0 Å². The van der Waals surface area contributed by atoms with Crippen LogP contribution in [0.15, 0.2) is 11.6 Å². The van der Waals surface area contributed by atoms with Gasteiger partial charge < -0.3 is 25.0 Å². The number of aromatic amines is 1. The lowest BCUT2D eigenvalue weighted by molar-refractivity contribution is 0.0894. The molecular weight excluding hydrogens is 504 g/mol. The molecule has 0 aliphatic carbocycles. The number of hydrogen-bond donors (Lipinski definition) is 3. The smallest absolute Gasteiger partial charge is 0.449 e. The van der Waals surface area contributed by atoms with Crippen LogP contribution in [0.5, 0.6) is 5.06 Å². The summed E-state index contributed by atoms with van der Waals surface area (Å²) in [5, 5.41) is 14.7. The van der Waals surface area contributed by atoms with E-state index in [-0.39, 0.29) is 27.3 Å². The Kier molecular flexibility index (Phi) is 6.56. The van der Waals surface area contributed by atoms with Crippen LogP contribution in [0.3, 0.4) is 0 Å². The Morgan fingerprint density at radius 3 is 2.78 bits per heavy atom. The molecule has 170 valence electrons. The van der Waals surface area contributed by atoms with Gasteiger partial charge in [0.2, 0.25) is 5.06 Å². The van der Waals surface area contributed by atoms with Crippen molar-refractivity contribution in [1.29, 1.82) is 0 Å². The summed E-state index contributed by atoms with van der Waals surface area (Å²) < 4.78 is 19.8. The second-order valence-electron chi connectivity index (χ2n) is 6.92. The van der Waals surface area contributed by atoms with E-state index in [0.29, 0.717) is 34.5 Å². The predicted octanol–water partition coefficient (Wildman–Crippen LogP) is 4.61. The van der Waals surface area contributed by atoms with E-state index >= 15 is 0 Å². The Labute approximate surface area is 199 Å². The largest absolute Gasteiger partial charge is 0.512 e. The van der Waals surface area contributed by atoms with E-state index in [2.05, 4.69) is 20.3 Å². The molecule has 1 aliphatic heterocycles. The van der Waals surface area contributed by atoms with Crippen LogP contribution in [0.25, 0.3) is 10.7 Å². The lowest BCUT2D eigenvalue weighted by atomic mass is 10.0. The van der Waals surface area contributed by atoms with E-state index in [1.807, 2.05) is 0 Å². The molecule has 1 fully saturated rings. The molecule has 3 aromatic rings. The molecule has 0 spiro atoms. The van der Waals surface area contributed by atoms with Gasteiger partial charge in [-0.2, -0.15) is 0 Å². The van der Waals surface area contributed by atoms with E-state index in [9.17, 15) is 14.0 Å². The number of piperidine rings is 1. The van der Waals surface area contributed by atoms with Crippen LogP contribution in [-0.4, -0.2) is 57.4 Å². The molecule has 1 amide bonds. The Balaban J connectivity index is 1.47. The number of hydrogen-bond acceptors (Lipinski definition) is 8. The maximum atomic E-state index is 15.0. The first kappa shape index (κ1) is 22.8. The summed E-state index contributed by atoms with van der Waals surface area (Å²) >= 11 is 14.4. The summed E-state index contributed by atoms with van der Waals surface area (Å²) in [7, 11) is 0. The topological polar surface area (TPSA) is 120 Å². The van der Waals surface area contributed by atoms with E-state index in [1.165, 1.54) is 11.3 Å². The highest BCUT2D eigenvalue weighted by molar-refractivity contribution is 7.18. The van der Waals surface area contributed by atoms with Crippen LogP contribution in [-0.2, 0) is 0 Å². The van der Waals surface area contributed by atoms with Gasteiger partial charge in [-0.05, 0) is 13.3 Å². The van der Waals surface area contributed by atoms with Gasteiger partial charge in [0.25, 0.3) is 5.91 Å². The van der Waals surface area contributed by atoms with Crippen LogP contribution in [0.4, 0.5) is 14.3 Å². The molecule has 0 radical (unpaired) electrons. The Morgan fingerprint density at radius 2 is 2.19 bits per heavy atom. The molecule has 1 saturated heterocycles. The number of carbonyl (C=O) groups is 2. The molecule has 9 nitrogen and oxygen atoms in total. The summed E-state index contributed by atoms with van der Waals surface area (Å²) in [6.45, 7) is 2.03. The first-order valence-electron chi connectivity index (χ1n) is 9.29. The van der Waals surface area contributed by atoms with Crippen molar-refractivity contribution in [2.75, 3.05) is 18.0 Å². The van der Waals surface area contributed by atoms with E-state index in [4.69, 9.17) is 33.0 Å². The van der Waals surface area contributed by atoms with Gasteiger partial charge in [-0.3, -0.25) is 4.79 Å². The number of alkyl halides is 1. The average molecular weight is 520 g/mol. The molecule has 2 atom stereocenters. The standard InChI is InChI=1S/C18H16Cl2FN5O4S2/c1-7-10(19)11(20)12(23-7)14(27)24-9-2-4-26(6-8(9)21)17-25-13(15-22-3-5-31-15)16(32-17)30-18(28)29/h3,5,8-9,23H,2,4,6H2,1H3,(H,24,27)(H,28,29)/t8-,9+/m0/s1. The number of ether oxygens (including phenoxy) is 1. The van der Waals surface area contributed by atoms with Crippen LogP contribution in [0.1, 0.15) is 22.6 Å². The number of carboxylic acid groups (broad SMARTS) is 1. The first-order valence-corrected chi connectivity index (χ1v) is 11.7. The Morgan fingerprint density at radius 1 is 1.41 bits per heavy atom. The molecule has 3 aromatic heterocycles. The van der Waals surface area contributed by atoms with Crippen LogP contribution in [0, 0.1) is 6.92 Å². The van der Waals surface area contributed by atoms with Gasteiger partial charge in [0.05, 0.1) is 22.6 Å². The van der Waals surface area contributed by atoms with E-state index in [1.54, 1.807) is 23.4 Å². The van der Waals surface area contributed by atoms with Gasteiger partial charge in [0.1, 0.15) is 16.9 Å². The summed E-state index contributed by atoms with van der Waals surface area (Å²) in [4.78, 5) is 36.6. The summed E-state index contributed by atoms with van der Waals surface area (Å²) in [6, 6.07) is -0.731. The molecule has 0 aromatic carbocycles. The number of halogens is 3. The molecule has 0 unspecified atom stereocenters. The fourth-order valence-electron chi connectivity index (χ4n) is 3.26. The molecule has 32 heavy (non-hydrogen) atoms. The maximum absolute atomic E-state index is 15.0. The Hall–Kier alpha value is -2.41. The van der Waals surface area contributed by atoms with Gasteiger partial charge >= 0.3 is 6.16 Å². The fraction of sp³-hybridized carbons (Fsp3) is 0.333. The third-order valence-electron chi connectivity index (χ3n) is 4.81. The zero-order chi connectivity index (χ0) is 23.0. The van der Waals surface area contributed by atoms with Crippen LogP contribution < -0.4 is 15.0 Å². The Bertz CT molecular complexity index is 1150. The summed E-state index contributed by atoms with van der Waals surface area (Å²) in [6.07, 6.45) is -0.991. The number of carbonyl (C=O) groups excluding carboxylic acids is 1. The van der Waals surface area contributed by atoms with Crippen molar-refractivity contribution < 1.29 is 23.8 Å². The highest BCUT2D eigenvalue weighted by Crippen LogP contribution is 2.41. The lowest BCUT2D eigenvalue weighted by Gasteiger charge is -2.34. The highest BCUT2D eigenvalue weighted by Gasteiger charge is 2.34. The number of aromatic nitrogens is 3. The maximum Gasteiger partial charge on any atom is 0.512 e. The number of amides is 1. The molecule has 0 bridgehead atoms. The van der Waals surface area contributed by atoms with Crippen molar-refractivity contribution in [2.45, 2.75) is 25.6 Å². The number of aryl methyl sites for hydroxylation is 1. The van der Waals surface area contributed by atoms with Crippen molar-refractivity contribution in [1.82, 2.24) is 20.3 Å². The summed E-state index contributed by atoms with van der Waals surface area (Å²) in [5.41, 5.74) is 0.932. The number of rotatable bonds is 5. The highest BCUT2D eigenvalue weighted by atomic mass is 35.5. The normalized spacial score (nSPS) is 18.6. The third kappa shape index (κ3) is 4.53. The predicted molar refractivity (Wildman–Crippen MR) is 120 cm³/mol. The molecule has 4 rings (SSSR count). The van der Waals surface area contributed by atoms with Gasteiger partial charge in [-0.1, -0.05) is 34.5 Å². The minimum absolute atomic E-state index is 0.0411. The number of nitrogens with zero attached hydrogens (tertiary/aromatic N) is 3.